The molecule has 9 nitrogen and oxygen atoms in total. The number of fused-ring (bicyclic) bond motifs is 1. The van der Waals surface area contributed by atoms with Gasteiger partial charge < -0.3 is 9.47 Å². The van der Waals surface area contributed by atoms with Crippen LogP contribution in [0.4, 0.5) is 5.13 Å². The molecule has 1 fully saturated rings. The third-order valence-electron chi connectivity index (χ3n) is 6.33. The van der Waals surface area contributed by atoms with E-state index in [1.807, 2.05) is 24.3 Å². The lowest BCUT2D eigenvalue weighted by Gasteiger charge is -2.32. The van der Waals surface area contributed by atoms with E-state index in [1.54, 1.807) is 48.9 Å². The number of nitrogens with zero attached hydrogens (tertiary/aromatic N) is 4. The SMILES string of the molecule is COc1ccc(OC)c2sc(N(Cc3ccccn3)C(=O)C3CCN(S(=O)(=O)c4cccs4)CC3)nc12. The molecular formula is C25H26N4O5S3. The lowest BCUT2D eigenvalue weighted by molar-refractivity contribution is -0.123. The molecule has 0 spiro atoms. The summed E-state index contributed by atoms with van der Waals surface area (Å²) in [7, 11) is -0.371. The summed E-state index contributed by atoms with van der Waals surface area (Å²) in [6, 6.07) is 12.5. The Morgan fingerprint density at radius 1 is 1.08 bits per heavy atom. The van der Waals surface area contributed by atoms with Gasteiger partial charge in [-0.1, -0.05) is 23.5 Å². The standard InChI is InChI=1S/C25H26N4O5S3/c1-33-19-8-9-20(34-2)23-22(19)27-25(36-23)29(16-18-6-3-4-12-26-18)24(30)17-10-13-28(14-11-17)37(31,32)21-7-5-15-35-21/h3-9,12,15,17H,10-11,13-14,16H2,1-2H3. The van der Waals surface area contributed by atoms with E-state index in [4.69, 9.17) is 14.5 Å². The lowest BCUT2D eigenvalue weighted by atomic mass is 9.96. The summed E-state index contributed by atoms with van der Waals surface area (Å²) in [5, 5.41) is 2.27. The molecule has 37 heavy (non-hydrogen) atoms. The summed E-state index contributed by atoms with van der Waals surface area (Å²) in [4.78, 5) is 24.8. The van der Waals surface area contributed by atoms with Gasteiger partial charge in [0.2, 0.25) is 5.91 Å². The Bertz CT molecular complexity index is 1440. The van der Waals surface area contributed by atoms with Crippen molar-refractivity contribution >= 4 is 54.0 Å². The van der Waals surface area contributed by atoms with Gasteiger partial charge in [0.25, 0.3) is 10.0 Å². The summed E-state index contributed by atoms with van der Waals surface area (Å²) >= 11 is 2.56. The number of piperidine rings is 1. The van der Waals surface area contributed by atoms with Crippen LogP contribution in [-0.2, 0) is 21.4 Å². The van der Waals surface area contributed by atoms with E-state index in [1.165, 1.54) is 27.0 Å². The number of benzene rings is 1. The molecule has 0 saturated carbocycles. The van der Waals surface area contributed by atoms with Gasteiger partial charge in [-0.05, 0) is 48.6 Å². The highest BCUT2D eigenvalue weighted by molar-refractivity contribution is 7.91. The number of carbonyl (C=O) groups excluding carboxylic acids is 1. The number of carbonyl (C=O) groups is 1. The lowest BCUT2D eigenvalue weighted by Crippen LogP contribution is -2.44. The van der Waals surface area contributed by atoms with E-state index in [9.17, 15) is 13.2 Å². The van der Waals surface area contributed by atoms with Crippen molar-refractivity contribution in [2.45, 2.75) is 23.6 Å². The Morgan fingerprint density at radius 2 is 1.84 bits per heavy atom. The van der Waals surface area contributed by atoms with Crippen molar-refractivity contribution in [1.29, 1.82) is 0 Å². The molecule has 0 N–H and O–H groups in total. The van der Waals surface area contributed by atoms with Crippen molar-refractivity contribution in [2.75, 3.05) is 32.2 Å². The molecule has 0 radical (unpaired) electrons. The first-order valence-electron chi connectivity index (χ1n) is 11.7. The highest BCUT2D eigenvalue weighted by Gasteiger charge is 2.35. The monoisotopic (exact) mass is 558 g/mol. The molecule has 1 saturated heterocycles. The van der Waals surface area contributed by atoms with E-state index in [-0.39, 0.29) is 31.5 Å². The van der Waals surface area contributed by atoms with Gasteiger partial charge in [0.15, 0.2) is 5.13 Å². The van der Waals surface area contributed by atoms with Crippen LogP contribution in [0.5, 0.6) is 11.5 Å². The summed E-state index contributed by atoms with van der Waals surface area (Å²) in [5.74, 6) is 0.803. The first-order chi connectivity index (χ1) is 17.9. The van der Waals surface area contributed by atoms with Gasteiger partial charge in [-0.15, -0.1) is 11.3 Å². The topological polar surface area (TPSA) is 102 Å². The zero-order valence-corrected chi connectivity index (χ0v) is 22.8. The fourth-order valence-corrected chi connectivity index (χ4v) is 8.08. The molecule has 4 aromatic rings. The number of methoxy groups -OCH3 is 2. The second-order valence-electron chi connectivity index (χ2n) is 8.50. The second kappa shape index (κ2) is 10.7. The van der Waals surface area contributed by atoms with Gasteiger partial charge >= 0.3 is 0 Å². The minimum absolute atomic E-state index is 0.101. The maximum atomic E-state index is 13.9. The van der Waals surface area contributed by atoms with E-state index in [0.717, 1.165) is 10.4 Å². The van der Waals surface area contributed by atoms with Crippen molar-refractivity contribution in [3.63, 3.8) is 0 Å². The number of rotatable bonds is 8. The maximum absolute atomic E-state index is 13.9. The Balaban J connectivity index is 1.44. The van der Waals surface area contributed by atoms with Crippen molar-refractivity contribution in [3.8, 4) is 11.5 Å². The number of pyridine rings is 1. The average Bonchev–Trinajstić information content (AvgIpc) is 3.63. The van der Waals surface area contributed by atoms with Gasteiger partial charge in [0.1, 0.15) is 25.9 Å². The van der Waals surface area contributed by atoms with Crippen molar-refractivity contribution in [3.05, 3.63) is 59.7 Å². The number of anilines is 1. The fraction of sp³-hybridized carbons (Fsp3) is 0.320. The molecule has 1 amide bonds. The first kappa shape index (κ1) is 25.6. The van der Waals surface area contributed by atoms with Crippen LogP contribution in [0.1, 0.15) is 18.5 Å². The minimum Gasteiger partial charge on any atom is -0.495 e. The third kappa shape index (κ3) is 5.06. The highest BCUT2D eigenvalue weighted by atomic mass is 32.2. The number of amides is 1. The molecule has 0 atom stereocenters. The van der Waals surface area contributed by atoms with Crippen LogP contribution in [0.2, 0.25) is 0 Å². The normalized spacial score (nSPS) is 15.1. The Hall–Kier alpha value is -3.06. The zero-order valence-electron chi connectivity index (χ0n) is 20.4. The molecule has 3 aromatic heterocycles. The number of thiophene rings is 1. The van der Waals surface area contributed by atoms with Gasteiger partial charge in [-0.2, -0.15) is 4.31 Å². The van der Waals surface area contributed by atoms with Crippen LogP contribution in [0.3, 0.4) is 0 Å². The predicted molar refractivity (Wildman–Crippen MR) is 144 cm³/mol. The number of hydrogen-bond donors (Lipinski definition) is 0. The predicted octanol–water partition coefficient (Wildman–Crippen LogP) is 4.40. The van der Waals surface area contributed by atoms with Gasteiger partial charge in [0, 0.05) is 25.2 Å². The van der Waals surface area contributed by atoms with Crippen molar-refractivity contribution in [2.24, 2.45) is 5.92 Å². The molecule has 1 aromatic carbocycles. The molecule has 0 unspecified atom stereocenters. The second-order valence-corrected chi connectivity index (χ2v) is 12.6. The molecule has 1 aliphatic heterocycles. The zero-order chi connectivity index (χ0) is 26.0. The van der Waals surface area contributed by atoms with E-state index in [0.29, 0.717) is 39.2 Å². The third-order valence-corrected chi connectivity index (χ3v) is 10.7. The van der Waals surface area contributed by atoms with Crippen molar-refractivity contribution < 1.29 is 22.7 Å². The van der Waals surface area contributed by atoms with Crippen LogP contribution in [0.25, 0.3) is 10.2 Å². The summed E-state index contributed by atoms with van der Waals surface area (Å²) < 4.78 is 39.5. The number of hydrogen-bond acceptors (Lipinski definition) is 9. The van der Waals surface area contributed by atoms with Crippen LogP contribution in [0, 0.1) is 5.92 Å². The largest absolute Gasteiger partial charge is 0.495 e. The number of ether oxygens (including phenoxy) is 2. The highest BCUT2D eigenvalue weighted by Crippen LogP contribution is 2.41. The van der Waals surface area contributed by atoms with E-state index in [2.05, 4.69) is 4.98 Å². The summed E-state index contributed by atoms with van der Waals surface area (Å²) in [5.41, 5.74) is 1.35. The quantitative estimate of drug-likeness (QED) is 0.316. The molecular weight excluding hydrogens is 532 g/mol. The number of thiazole rings is 1. The smallest absolute Gasteiger partial charge is 0.252 e. The number of sulfonamides is 1. The summed E-state index contributed by atoms with van der Waals surface area (Å²) in [6.07, 6.45) is 2.55. The van der Waals surface area contributed by atoms with Crippen LogP contribution in [0.15, 0.2) is 58.3 Å². The van der Waals surface area contributed by atoms with Crippen LogP contribution < -0.4 is 14.4 Å². The first-order valence-corrected chi connectivity index (χ1v) is 14.8. The molecule has 0 aliphatic carbocycles. The molecule has 1 aliphatic rings. The number of aromatic nitrogens is 2. The maximum Gasteiger partial charge on any atom is 0.252 e. The molecule has 4 heterocycles. The Kier molecular flexibility index (Phi) is 7.43. The molecule has 0 bridgehead atoms. The van der Waals surface area contributed by atoms with Gasteiger partial charge in [-0.3, -0.25) is 14.7 Å². The summed E-state index contributed by atoms with van der Waals surface area (Å²) in [6.45, 7) is 0.822. The fourth-order valence-electron chi connectivity index (χ4n) is 4.38. The molecule has 12 heteroatoms. The molecule has 194 valence electrons. The average molecular weight is 559 g/mol. The Labute approximate surface area is 223 Å². The van der Waals surface area contributed by atoms with Gasteiger partial charge in [0.05, 0.1) is 26.5 Å². The van der Waals surface area contributed by atoms with Crippen LogP contribution >= 0.6 is 22.7 Å². The van der Waals surface area contributed by atoms with E-state index >= 15 is 0 Å². The van der Waals surface area contributed by atoms with Crippen molar-refractivity contribution in [1.82, 2.24) is 14.3 Å². The van der Waals surface area contributed by atoms with E-state index < -0.39 is 10.0 Å². The van der Waals surface area contributed by atoms with Crippen LogP contribution in [-0.4, -0.2) is 55.9 Å². The Morgan fingerprint density at radius 3 is 2.49 bits per heavy atom. The van der Waals surface area contributed by atoms with Gasteiger partial charge in [-0.25, -0.2) is 13.4 Å². The minimum atomic E-state index is -3.54. The molecule has 5 rings (SSSR count).